The lowest BCUT2D eigenvalue weighted by Crippen LogP contribution is -2.30. The van der Waals surface area contributed by atoms with Crippen molar-refractivity contribution >= 4 is 5.91 Å². The first-order valence-corrected chi connectivity index (χ1v) is 5.80. The summed E-state index contributed by atoms with van der Waals surface area (Å²) in [5.74, 6) is 0.334. The number of hydroxylamine groups is 1. The van der Waals surface area contributed by atoms with Crippen LogP contribution < -0.4 is 5.48 Å². The van der Waals surface area contributed by atoms with E-state index in [4.69, 9.17) is 5.21 Å². The average molecular weight is 219 g/mol. The summed E-state index contributed by atoms with van der Waals surface area (Å²) >= 11 is 0. The van der Waals surface area contributed by atoms with Gasteiger partial charge in [0.25, 0.3) is 0 Å². The lowest BCUT2D eigenvalue weighted by Gasteiger charge is -2.27. The summed E-state index contributed by atoms with van der Waals surface area (Å²) < 4.78 is 0. The molecular weight excluding hydrogens is 202 g/mol. The van der Waals surface area contributed by atoms with Crippen molar-refractivity contribution in [2.75, 3.05) is 0 Å². The number of hydrogen-bond acceptors (Lipinski definition) is 2. The number of nitrogens with one attached hydrogen (secondary N) is 1. The van der Waals surface area contributed by atoms with Crippen molar-refractivity contribution in [3.8, 4) is 0 Å². The molecule has 0 radical (unpaired) electrons. The van der Waals surface area contributed by atoms with Crippen LogP contribution in [0.4, 0.5) is 0 Å². The van der Waals surface area contributed by atoms with Gasteiger partial charge in [-0.25, -0.2) is 5.48 Å². The van der Waals surface area contributed by atoms with Crippen molar-refractivity contribution in [2.45, 2.75) is 31.6 Å². The molecule has 0 heterocycles. The van der Waals surface area contributed by atoms with E-state index >= 15 is 0 Å². The molecule has 86 valence electrons. The van der Waals surface area contributed by atoms with Crippen LogP contribution in [-0.2, 0) is 4.79 Å². The maximum atomic E-state index is 11.2. The molecule has 2 rings (SSSR count). The minimum Gasteiger partial charge on any atom is -0.289 e. The molecule has 0 unspecified atom stereocenters. The van der Waals surface area contributed by atoms with E-state index in [1.165, 1.54) is 5.56 Å². The summed E-state index contributed by atoms with van der Waals surface area (Å²) in [5.41, 5.74) is 3.12. The van der Waals surface area contributed by atoms with E-state index in [9.17, 15) is 4.79 Å². The highest BCUT2D eigenvalue weighted by Crippen LogP contribution is 2.35. The Kier molecular flexibility index (Phi) is 3.57. The molecule has 1 fully saturated rings. The SMILES string of the molecule is O=C(NO)C1CCC(c2ccccc2)CC1. The normalized spacial score (nSPS) is 25.1. The van der Waals surface area contributed by atoms with E-state index in [1.807, 2.05) is 6.07 Å². The number of carbonyl (C=O) groups excluding carboxylic acids is 1. The third-order valence-corrected chi connectivity index (χ3v) is 3.48. The van der Waals surface area contributed by atoms with Crippen molar-refractivity contribution in [3.63, 3.8) is 0 Å². The number of carbonyl (C=O) groups is 1. The highest BCUT2D eigenvalue weighted by Gasteiger charge is 2.26. The van der Waals surface area contributed by atoms with Gasteiger partial charge in [-0.15, -0.1) is 0 Å². The van der Waals surface area contributed by atoms with Gasteiger partial charge in [0.15, 0.2) is 0 Å². The number of amides is 1. The molecule has 2 N–H and O–H groups in total. The van der Waals surface area contributed by atoms with E-state index in [0.717, 1.165) is 25.7 Å². The second kappa shape index (κ2) is 5.12. The van der Waals surface area contributed by atoms with Gasteiger partial charge in [0.1, 0.15) is 0 Å². The summed E-state index contributed by atoms with van der Waals surface area (Å²) in [4.78, 5) is 11.2. The lowest BCUT2D eigenvalue weighted by atomic mass is 9.78. The lowest BCUT2D eigenvalue weighted by molar-refractivity contribution is -0.134. The first kappa shape index (κ1) is 11.1. The zero-order valence-electron chi connectivity index (χ0n) is 9.23. The molecule has 1 amide bonds. The van der Waals surface area contributed by atoms with Gasteiger partial charge >= 0.3 is 0 Å². The largest absolute Gasteiger partial charge is 0.289 e. The van der Waals surface area contributed by atoms with Gasteiger partial charge in [0, 0.05) is 5.92 Å². The van der Waals surface area contributed by atoms with Crippen LogP contribution in [0.3, 0.4) is 0 Å². The number of hydrogen-bond donors (Lipinski definition) is 2. The highest BCUT2D eigenvalue weighted by molar-refractivity contribution is 5.77. The number of benzene rings is 1. The van der Waals surface area contributed by atoms with Crippen LogP contribution >= 0.6 is 0 Å². The van der Waals surface area contributed by atoms with Gasteiger partial charge in [0.2, 0.25) is 5.91 Å². The molecule has 1 aromatic rings. The number of rotatable bonds is 2. The fourth-order valence-electron chi connectivity index (χ4n) is 2.51. The van der Waals surface area contributed by atoms with Crippen LogP contribution in [0, 0.1) is 5.92 Å². The second-order valence-electron chi connectivity index (χ2n) is 4.44. The molecule has 1 saturated carbocycles. The van der Waals surface area contributed by atoms with Crippen molar-refractivity contribution in [1.82, 2.24) is 5.48 Å². The van der Waals surface area contributed by atoms with Crippen molar-refractivity contribution in [3.05, 3.63) is 35.9 Å². The summed E-state index contributed by atoms with van der Waals surface area (Å²) in [6.07, 6.45) is 3.79. The molecule has 0 aliphatic heterocycles. The Morgan fingerprint density at radius 1 is 1.12 bits per heavy atom. The molecule has 0 spiro atoms. The van der Waals surface area contributed by atoms with Crippen LogP contribution in [0.25, 0.3) is 0 Å². The van der Waals surface area contributed by atoms with Gasteiger partial charge in [-0.1, -0.05) is 30.3 Å². The zero-order chi connectivity index (χ0) is 11.4. The molecule has 3 nitrogen and oxygen atoms in total. The quantitative estimate of drug-likeness (QED) is 0.593. The van der Waals surface area contributed by atoms with Crippen LogP contribution in [0.2, 0.25) is 0 Å². The zero-order valence-corrected chi connectivity index (χ0v) is 9.23. The Morgan fingerprint density at radius 2 is 1.75 bits per heavy atom. The summed E-state index contributed by atoms with van der Waals surface area (Å²) in [5, 5.41) is 8.57. The van der Waals surface area contributed by atoms with Gasteiger partial charge in [0.05, 0.1) is 0 Å². The Morgan fingerprint density at radius 3 is 2.31 bits per heavy atom. The second-order valence-corrected chi connectivity index (χ2v) is 4.44. The third-order valence-electron chi connectivity index (χ3n) is 3.48. The van der Waals surface area contributed by atoms with Crippen LogP contribution in [0.1, 0.15) is 37.2 Å². The average Bonchev–Trinajstić information content (AvgIpc) is 2.39. The van der Waals surface area contributed by atoms with Crippen LogP contribution in [-0.4, -0.2) is 11.1 Å². The molecule has 1 aliphatic rings. The molecule has 0 saturated heterocycles. The van der Waals surface area contributed by atoms with Gasteiger partial charge in [-0.05, 0) is 37.2 Å². The Bertz CT molecular complexity index is 342. The Hall–Kier alpha value is -1.35. The van der Waals surface area contributed by atoms with Crippen LogP contribution in [0.15, 0.2) is 30.3 Å². The van der Waals surface area contributed by atoms with Gasteiger partial charge < -0.3 is 0 Å². The molecule has 16 heavy (non-hydrogen) atoms. The summed E-state index contributed by atoms with van der Waals surface area (Å²) in [6.45, 7) is 0. The smallest absolute Gasteiger partial charge is 0.246 e. The Labute approximate surface area is 95.4 Å². The predicted molar refractivity (Wildman–Crippen MR) is 61.1 cm³/mol. The minimum atomic E-state index is -0.230. The fourth-order valence-corrected chi connectivity index (χ4v) is 2.51. The molecule has 0 aromatic heterocycles. The van der Waals surface area contributed by atoms with Crippen LogP contribution in [0.5, 0.6) is 0 Å². The fraction of sp³-hybridized carbons (Fsp3) is 0.462. The molecular formula is C13H17NO2. The maximum absolute atomic E-state index is 11.2. The van der Waals surface area contributed by atoms with Gasteiger partial charge in [-0.3, -0.25) is 10.0 Å². The van der Waals surface area contributed by atoms with Gasteiger partial charge in [-0.2, -0.15) is 0 Å². The van der Waals surface area contributed by atoms with E-state index in [-0.39, 0.29) is 11.8 Å². The van der Waals surface area contributed by atoms with E-state index in [2.05, 4.69) is 24.3 Å². The minimum absolute atomic E-state index is 0.00929. The molecule has 1 aliphatic carbocycles. The van der Waals surface area contributed by atoms with E-state index in [1.54, 1.807) is 5.48 Å². The van der Waals surface area contributed by atoms with E-state index in [0.29, 0.717) is 5.92 Å². The first-order chi connectivity index (χ1) is 7.81. The third kappa shape index (κ3) is 2.42. The predicted octanol–water partition coefficient (Wildman–Crippen LogP) is 2.47. The van der Waals surface area contributed by atoms with E-state index < -0.39 is 0 Å². The molecule has 0 atom stereocenters. The molecule has 1 aromatic carbocycles. The highest BCUT2D eigenvalue weighted by atomic mass is 16.5. The van der Waals surface area contributed by atoms with Crippen molar-refractivity contribution in [1.29, 1.82) is 0 Å². The summed E-state index contributed by atoms with van der Waals surface area (Å²) in [6, 6.07) is 10.4. The molecule has 3 heteroatoms. The van der Waals surface area contributed by atoms with Crippen molar-refractivity contribution < 1.29 is 10.0 Å². The summed E-state index contributed by atoms with van der Waals surface area (Å²) in [7, 11) is 0. The standard InChI is InChI=1S/C13H17NO2/c15-13(14-16)12-8-6-11(7-9-12)10-4-2-1-3-5-10/h1-5,11-12,16H,6-9H2,(H,14,15). The first-order valence-electron chi connectivity index (χ1n) is 5.80. The monoisotopic (exact) mass is 219 g/mol. The molecule has 0 bridgehead atoms. The topological polar surface area (TPSA) is 49.3 Å². The Balaban J connectivity index is 1.93. The maximum Gasteiger partial charge on any atom is 0.246 e. The van der Waals surface area contributed by atoms with Crippen molar-refractivity contribution in [2.24, 2.45) is 5.92 Å².